The molecule has 0 spiro atoms. The minimum absolute atomic E-state index is 0.201. The molecule has 1 aliphatic heterocycles. The minimum Gasteiger partial charge on any atom is -0.353 e. The van der Waals surface area contributed by atoms with Crippen molar-refractivity contribution in [3.63, 3.8) is 0 Å². The van der Waals surface area contributed by atoms with E-state index < -0.39 is 5.92 Å². The van der Waals surface area contributed by atoms with E-state index in [1.807, 2.05) is 30.3 Å². The van der Waals surface area contributed by atoms with Gasteiger partial charge in [-0.2, -0.15) is 5.26 Å². The highest BCUT2D eigenvalue weighted by atomic mass is 16.1. The molecule has 4 nitrogen and oxygen atoms in total. The summed E-state index contributed by atoms with van der Waals surface area (Å²) >= 11 is 0. The number of nitriles is 1. The Kier molecular flexibility index (Phi) is 5.77. The molecule has 0 aromatic heterocycles. The Bertz CT molecular complexity index is 489. The first-order chi connectivity index (χ1) is 10.2. The van der Waals surface area contributed by atoms with Crippen molar-refractivity contribution in [1.82, 2.24) is 10.2 Å². The number of carbonyl (C=O) groups excluding carboxylic acids is 1. The van der Waals surface area contributed by atoms with Gasteiger partial charge in [-0.15, -0.1) is 0 Å². The van der Waals surface area contributed by atoms with Crippen molar-refractivity contribution in [3.8, 4) is 6.07 Å². The smallest absolute Gasteiger partial charge is 0.241 e. The summed E-state index contributed by atoms with van der Waals surface area (Å²) < 4.78 is 0. The molecule has 21 heavy (non-hydrogen) atoms. The van der Waals surface area contributed by atoms with Gasteiger partial charge in [-0.1, -0.05) is 36.8 Å². The predicted molar refractivity (Wildman–Crippen MR) is 82.7 cm³/mol. The van der Waals surface area contributed by atoms with Crippen molar-refractivity contribution in [1.29, 1.82) is 5.26 Å². The summed E-state index contributed by atoms with van der Waals surface area (Å²) in [6, 6.07) is 11.6. The highest BCUT2D eigenvalue weighted by Crippen LogP contribution is 2.15. The lowest BCUT2D eigenvalue weighted by Gasteiger charge is -2.32. The first kappa shape index (κ1) is 15.5. The third kappa shape index (κ3) is 4.30. The summed E-state index contributed by atoms with van der Waals surface area (Å²) in [6.07, 6.45) is 3.78. The maximum absolute atomic E-state index is 12.2. The second-order valence-electron chi connectivity index (χ2n) is 5.66. The Morgan fingerprint density at radius 1 is 1.29 bits per heavy atom. The maximum atomic E-state index is 12.2. The van der Waals surface area contributed by atoms with Gasteiger partial charge in [0.25, 0.3) is 0 Å². The zero-order chi connectivity index (χ0) is 15.1. The fourth-order valence-electron chi connectivity index (χ4n) is 2.77. The van der Waals surface area contributed by atoms with Gasteiger partial charge in [-0.05, 0) is 38.4 Å². The molecule has 1 fully saturated rings. The quantitative estimate of drug-likeness (QED) is 0.903. The van der Waals surface area contributed by atoms with Crippen LogP contribution in [0.4, 0.5) is 0 Å². The molecule has 2 rings (SSSR count). The zero-order valence-corrected chi connectivity index (χ0v) is 12.6. The number of amides is 1. The summed E-state index contributed by atoms with van der Waals surface area (Å²) in [4.78, 5) is 14.6. The summed E-state index contributed by atoms with van der Waals surface area (Å²) in [5.41, 5.74) is 0.753. The van der Waals surface area contributed by atoms with Gasteiger partial charge in [0.2, 0.25) is 5.91 Å². The lowest BCUT2D eigenvalue weighted by atomic mass is 10.00. The van der Waals surface area contributed by atoms with Crippen LogP contribution in [0.25, 0.3) is 0 Å². The fourth-order valence-corrected chi connectivity index (χ4v) is 2.77. The largest absolute Gasteiger partial charge is 0.353 e. The van der Waals surface area contributed by atoms with E-state index in [1.165, 1.54) is 19.3 Å². The Hall–Kier alpha value is -1.86. The Balaban J connectivity index is 1.87. The monoisotopic (exact) mass is 285 g/mol. The fraction of sp³-hybridized carbons (Fsp3) is 0.529. The van der Waals surface area contributed by atoms with Crippen LogP contribution in [0, 0.1) is 11.3 Å². The molecular formula is C17H23N3O. The van der Waals surface area contributed by atoms with Crippen molar-refractivity contribution >= 4 is 5.91 Å². The molecule has 1 heterocycles. The second-order valence-corrected chi connectivity index (χ2v) is 5.66. The van der Waals surface area contributed by atoms with E-state index in [9.17, 15) is 10.1 Å². The first-order valence-corrected chi connectivity index (χ1v) is 7.68. The molecule has 1 aromatic carbocycles. The van der Waals surface area contributed by atoms with E-state index in [0.29, 0.717) is 12.6 Å². The number of benzene rings is 1. The van der Waals surface area contributed by atoms with E-state index in [1.54, 1.807) is 0 Å². The third-order valence-electron chi connectivity index (χ3n) is 4.11. The highest BCUT2D eigenvalue weighted by molar-refractivity contribution is 5.86. The maximum Gasteiger partial charge on any atom is 0.241 e. The van der Waals surface area contributed by atoms with Crippen LogP contribution in [-0.2, 0) is 4.79 Å². The van der Waals surface area contributed by atoms with Crippen LogP contribution in [-0.4, -0.2) is 36.5 Å². The topological polar surface area (TPSA) is 56.1 Å². The third-order valence-corrected chi connectivity index (χ3v) is 4.11. The first-order valence-electron chi connectivity index (χ1n) is 7.68. The molecule has 2 unspecified atom stereocenters. The number of nitrogens with zero attached hydrogens (tertiary/aromatic N) is 2. The molecule has 0 saturated carbocycles. The van der Waals surface area contributed by atoms with E-state index in [0.717, 1.165) is 18.7 Å². The average Bonchev–Trinajstić information content (AvgIpc) is 2.55. The van der Waals surface area contributed by atoms with Crippen LogP contribution in [0.2, 0.25) is 0 Å². The minimum atomic E-state index is -0.722. The van der Waals surface area contributed by atoms with Crippen molar-refractivity contribution in [2.75, 3.05) is 19.6 Å². The Morgan fingerprint density at radius 3 is 2.57 bits per heavy atom. The lowest BCUT2D eigenvalue weighted by Crippen LogP contribution is -2.45. The SMILES string of the molecule is CC(CNC(=O)C(C#N)c1ccccc1)N1CCCCC1. The molecule has 1 N–H and O–H groups in total. The van der Waals surface area contributed by atoms with Gasteiger partial charge in [-0.25, -0.2) is 0 Å². The number of piperidine rings is 1. The van der Waals surface area contributed by atoms with Gasteiger partial charge in [0, 0.05) is 12.6 Å². The second kappa shape index (κ2) is 7.80. The number of likely N-dealkylation sites (tertiary alicyclic amines) is 1. The van der Waals surface area contributed by atoms with Crippen LogP contribution in [0.5, 0.6) is 0 Å². The predicted octanol–water partition coefficient (Wildman–Crippen LogP) is 2.28. The highest BCUT2D eigenvalue weighted by Gasteiger charge is 2.22. The van der Waals surface area contributed by atoms with Crippen molar-refractivity contribution in [3.05, 3.63) is 35.9 Å². The molecule has 1 aromatic rings. The van der Waals surface area contributed by atoms with Crippen LogP contribution in [0.3, 0.4) is 0 Å². The lowest BCUT2D eigenvalue weighted by molar-refractivity contribution is -0.121. The molecule has 1 saturated heterocycles. The molecule has 0 bridgehead atoms. The van der Waals surface area contributed by atoms with Crippen LogP contribution in [0.1, 0.15) is 37.7 Å². The number of hydrogen-bond acceptors (Lipinski definition) is 3. The summed E-state index contributed by atoms with van der Waals surface area (Å²) in [6.45, 7) is 4.95. The molecule has 0 aliphatic carbocycles. The number of carbonyl (C=O) groups is 1. The van der Waals surface area contributed by atoms with Gasteiger partial charge in [0.05, 0.1) is 6.07 Å². The Morgan fingerprint density at radius 2 is 1.95 bits per heavy atom. The van der Waals surface area contributed by atoms with Crippen LogP contribution in [0.15, 0.2) is 30.3 Å². The Labute approximate surface area is 126 Å². The van der Waals surface area contributed by atoms with Crippen LogP contribution >= 0.6 is 0 Å². The molecule has 1 amide bonds. The number of nitrogens with one attached hydrogen (secondary N) is 1. The van der Waals surface area contributed by atoms with Crippen molar-refractivity contribution < 1.29 is 4.79 Å². The van der Waals surface area contributed by atoms with E-state index in [4.69, 9.17) is 0 Å². The van der Waals surface area contributed by atoms with Crippen LogP contribution < -0.4 is 5.32 Å². The summed E-state index contributed by atoms with van der Waals surface area (Å²) in [5.74, 6) is -0.924. The molecule has 0 radical (unpaired) electrons. The summed E-state index contributed by atoms with van der Waals surface area (Å²) in [7, 11) is 0. The standard InChI is InChI=1S/C17H23N3O/c1-14(20-10-6-3-7-11-20)13-19-17(21)16(12-18)15-8-4-2-5-9-15/h2,4-5,8-9,14,16H,3,6-7,10-11,13H2,1H3,(H,19,21). The zero-order valence-electron chi connectivity index (χ0n) is 12.6. The van der Waals surface area contributed by atoms with Gasteiger partial charge in [0.15, 0.2) is 0 Å². The van der Waals surface area contributed by atoms with Gasteiger partial charge < -0.3 is 5.32 Å². The number of rotatable bonds is 5. The van der Waals surface area contributed by atoms with E-state index in [2.05, 4.69) is 23.2 Å². The normalized spacial score (nSPS) is 18.5. The average molecular weight is 285 g/mol. The van der Waals surface area contributed by atoms with E-state index in [-0.39, 0.29) is 5.91 Å². The molecule has 2 atom stereocenters. The molecule has 1 aliphatic rings. The van der Waals surface area contributed by atoms with E-state index >= 15 is 0 Å². The molecular weight excluding hydrogens is 262 g/mol. The van der Waals surface area contributed by atoms with Gasteiger partial charge in [0.1, 0.15) is 5.92 Å². The molecule has 4 heteroatoms. The van der Waals surface area contributed by atoms with Gasteiger partial charge in [-0.3, -0.25) is 9.69 Å². The van der Waals surface area contributed by atoms with Gasteiger partial charge >= 0.3 is 0 Å². The van der Waals surface area contributed by atoms with Crippen molar-refractivity contribution in [2.24, 2.45) is 0 Å². The van der Waals surface area contributed by atoms with Crippen molar-refractivity contribution in [2.45, 2.75) is 38.1 Å². The summed E-state index contributed by atoms with van der Waals surface area (Å²) in [5, 5.41) is 12.2. The number of hydrogen-bond donors (Lipinski definition) is 1. The molecule has 112 valence electrons.